The molecule has 0 atom stereocenters. The van der Waals surface area contributed by atoms with Crippen LogP contribution < -0.4 is 0 Å². The van der Waals surface area contributed by atoms with Gasteiger partial charge >= 0.3 is 0 Å². The summed E-state index contributed by atoms with van der Waals surface area (Å²) < 4.78 is 0. The van der Waals surface area contributed by atoms with Crippen molar-refractivity contribution in [3.63, 3.8) is 0 Å². The Kier molecular flexibility index (Phi) is 4.46. The van der Waals surface area contributed by atoms with E-state index in [0.717, 1.165) is 0 Å². The third-order valence-electron chi connectivity index (χ3n) is 8.33. The quantitative estimate of drug-likeness (QED) is 0.230. The Morgan fingerprint density at radius 1 is 0.342 bits per heavy atom. The molecule has 8 rings (SSSR count). The lowest BCUT2D eigenvalue weighted by Crippen LogP contribution is -1.95. The molecule has 0 unspecified atom stereocenters. The summed E-state index contributed by atoms with van der Waals surface area (Å²) in [5, 5.41) is 5.21. The van der Waals surface area contributed by atoms with E-state index in [0.29, 0.717) is 0 Å². The number of hydrogen-bond donors (Lipinski definition) is 0. The van der Waals surface area contributed by atoms with Crippen LogP contribution in [-0.4, -0.2) is 0 Å². The number of aryl methyl sites for hydroxylation is 2. The van der Waals surface area contributed by atoms with Crippen LogP contribution in [0.4, 0.5) is 0 Å². The molecule has 178 valence electrons. The summed E-state index contributed by atoms with van der Waals surface area (Å²) in [6.45, 7) is 4.33. The second-order valence-electron chi connectivity index (χ2n) is 10.7. The van der Waals surface area contributed by atoms with Crippen LogP contribution in [-0.2, 0) is 0 Å². The number of allylic oxidation sites excluding steroid dienone is 2. The molecule has 6 aromatic carbocycles. The minimum Gasteiger partial charge on any atom is -0.0616 e. The van der Waals surface area contributed by atoms with E-state index in [1.54, 1.807) is 0 Å². The fraction of sp³-hybridized carbons (Fsp3) is 0.0526. The highest BCUT2D eigenvalue weighted by atomic mass is 14.4. The highest BCUT2D eigenvalue weighted by molar-refractivity contribution is 6.38. The molecule has 0 spiro atoms. The van der Waals surface area contributed by atoms with Crippen molar-refractivity contribution in [2.24, 2.45) is 0 Å². The maximum atomic E-state index is 2.36. The molecule has 0 heterocycles. The summed E-state index contributed by atoms with van der Waals surface area (Å²) in [6, 6.07) is 45.2. The predicted octanol–water partition coefficient (Wildman–Crippen LogP) is 9.86. The first-order chi connectivity index (χ1) is 18.7. The predicted molar refractivity (Wildman–Crippen MR) is 162 cm³/mol. The Morgan fingerprint density at radius 3 is 1.16 bits per heavy atom. The van der Waals surface area contributed by atoms with Gasteiger partial charge in [-0.05, 0) is 91.1 Å². The van der Waals surface area contributed by atoms with E-state index in [9.17, 15) is 0 Å². The topological polar surface area (TPSA) is 0 Å². The van der Waals surface area contributed by atoms with E-state index in [1.807, 2.05) is 0 Å². The summed E-state index contributed by atoms with van der Waals surface area (Å²) in [6.07, 6.45) is 0. The number of rotatable bonds is 2. The summed E-state index contributed by atoms with van der Waals surface area (Å²) in [7, 11) is 0. The van der Waals surface area contributed by atoms with Crippen LogP contribution >= 0.6 is 0 Å². The standard InChI is InChI=1S/C38H26/c1-23-11-15-27(16-12-23)33-35-29-9-5-3-7-25(29)19-21-31(35)38-34(28-17-13-24(2)14-18-28)36-30-10-6-4-8-26(30)20-22-32(36)37(33)38/h3-22H,1-2H3. The van der Waals surface area contributed by atoms with Gasteiger partial charge < -0.3 is 0 Å². The molecule has 0 amide bonds. The molecule has 0 nitrogen and oxygen atoms in total. The van der Waals surface area contributed by atoms with Gasteiger partial charge in [-0.2, -0.15) is 0 Å². The van der Waals surface area contributed by atoms with Crippen molar-refractivity contribution in [3.05, 3.63) is 166 Å². The van der Waals surface area contributed by atoms with Crippen LogP contribution in [0.25, 0.3) is 43.8 Å². The fourth-order valence-electron chi connectivity index (χ4n) is 6.55. The summed E-state index contributed by atoms with van der Waals surface area (Å²) >= 11 is 0. The first-order valence-corrected chi connectivity index (χ1v) is 13.4. The summed E-state index contributed by atoms with van der Waals surface area (Å²) in [5.74, 6) is 0. The van der Waals surface area contributed by atoms with Crippen molar-refractivity contribution in [3.8, 4) is 0 Å². The van der Waals surface area contributed by atoms with Crippen LogP contribution in [0.15, 0.2) is 121 Å². The van der Waals surface area contributed by atoms with Crippen LogP contribution in [0.1, 0.15) is 44.5 Å². The van der Waals surface area contributed by atoms with E-state index in [2.05, 4.69) is 135 Å². The molecular weight excluding hydrogens is 456 g/mol. The molecule has 6 aromatic rings. The molecule has 0 saturated heterocycles. The zero-order chi connectivity index (χ0) is 25.4. The summed E-state index contributed by atoms with van der Waals surface area (Å²) in [5.41, 5.74) is 16.0. The first kappa shape index (κ1) is 21.4. The van der Waals surface area contributed by atoms with Gasteiger partial charge in [0, 0.05) is 0 Å². The normalized spacial score (nSPS) is 13.8. The Bertz CT molecular complexity index is 1850. The highest BCUT2D eigenvalue weighted by Gasteiger charge is 2.38. The third-order valence-corrected chi connectivity index (χ3v) is 8.33. The Balaban J connectivity index is 1.60. The molecule has 2 aliphatic carbocycles. The van der Waals surface area contributed by atoms with Gasteiger partial charge in [-0.25, -0.2) is 0 Å². The van der Waals surface area contributed by atoms with Gasteiger partial charge in [-0.3, -0.25) is 0 Å². The fourth-order valence-corrected chi connectivity index (χ4v) is 6.55. The molecule has 0 aromatic heterocycles. The van der Waals surface area contributed by atoms with Crippen molar-refractivity contribution < 1.29 is 0 Å². The van der Waals surface area contributed by atoms with Crippen LogP contribution in [0.2, 0.25) is 0 Å². The van der Waals surface area contributed by atoms with Crippen LogP contribution in [0, 0.1) is 13.8 Å². The molecule has 0 bridgehead atoms. The van der Waals surface area contributed by atoms with Crippen LogP contribution in [0.3, 0.4) is 0 Å². The first-order valence-electron chi connectivity index (χ1n) is 13.4. The van der Waals surface area contributed by atoms with E-state index >= 15 is 0 Å². The Hall–Kier alpha value is -4.68. The molecule has 0 saturated carbocycles. The van der Waals surface area contributed by atoms with E-state index in [1.165, 1.54) is 88.3 Å². The van der Waals surface area contributed by atoms with Gasteiger partial charge in [0.2, 0.25) is 0 Å². The minimum absolute atomic E-state index is 1.28. The van der Waals surface area contributed by atoms with E-state index in [-0.39, 0.29) is 0 Å². The van der Waals surface area contributed by atoms with Crippen molar-refractivity contribution >= 4 is 43.8 Å². The third kappa shape index (κ3) is 2.92. The van der Waals surface area contributed by atoms with Gasteiger partial charge in [-0.1, -0.05) is 132 Å². The summed E-state index contributed by atoms with van der Waals surface area (Å²) in [4.78, 5) is 0. The number of benzene rings is 6. The number of fused-ring (bicyclic) bond motifs is 9. The lowest BCUT2D eigenvalue weighted by Gasteiger charge is -2.16. The van der Waals surface area contributed by atoms with Crippen LogP contribution in [0.5, 0.6) is 0 Å². The largest absolute Gasteiger partial charge is 0.0616 e. The van der Waals surface area contributed by atoms with Gasteiger partial charge in [0.15, 0.2) is 0 Å². The molecule has 0 fully saturated rings. The molecule has 0 heteroatoms. The molecular formula is C38H26. The molecule has 2 aliphatic rings. The molecule has 0 aliphatic heterocycles. The van der Waals surface area contributed by atoms with Crippen molar-refractivity contribution in [1.29, 1.82) is 0 Å². The molecule has 0 radical (unpaired) electrons. The number of hydrogen-bond acceptors (Lipinski definition) is 0. The van der Waals surface area contributed by atoms with Crippen molar-refractivity contribution in [1.82, 2.24) is 0 Å². The van der Waals surface area contributed by atoms with E-state index < -0.39 is 0 Å². The van der Waals surface area contributed by atoms with Gasteiger partial charge in [0.25, 0.3) is 0 Å². The maximum Gasteiger partial charge on any atom is -0.000718 e. The second kappa shape index (κ2) is 7.91. The molecule has 38 heavy (non-hydrogen) atoms. The smallest absolute Gasteiger partial charge is 0.000718 e. The van der Waals surface area contributed by atoms with Gasteiger partial charge in [0.1, 0.15) is 0 Å². The lowest BCUT2D eigenvalue weighted by molar-refractivity contribution is 1.45. The lowest BCUT2D eigenvalue weighted by atomic mass is 9.87. The van der Waals surface area contributed by atoms with E-state index in [4.69, 9.17) is 0 Å². The zero-order valence-corrected chi connectivity index (χ0v) is 21.5. The highest BCUT2D eigenvalue weighted by Crippen LogP contribution is 2.60. The maximum absolute atomic E-state index is 2.36. The average Bonchev–Trinajstić information content (AvgIpc) is 3.47. The molecule has 0 N–H and O–H groups in total. The Morgan fingerprint density at radius 2 is 0.737 bits per heavy atom. The van der Waals surface area contributed by atoms with Crippen molar-refractivity contribution in [2.45, 2.75) is 13.8 Å². The zero-order valence-electron chi connectivity index (χ0n) is 21.5. The SMILES string of the molecule is Cc1ccc(C2=C3C(=C(c4ccc(C)cc4)c4c3ccc3ccccc43)c3ccc4ccccc4c32)cc1. The second-order valence-corrected chi connectivity index (χ2v) is 10.7. The average molecular weight is 483 g/mol. The van der Waals surface area contributed by atoms with Crippen molar-refractivity contribution in [2.75, 3.05) is 0 Å². The Labute approximate surface area is 223 Å². The van der Waals surface area contributed by atoms with Gasteiger partial charge in [0.05, 0.1) is 0 Å². The van der Waals surface area contributed by atoms with Gasteiger partial charge in [-0.15, -0.1) is 0 Å². The monoisotopic (exact) mass is 482 g/mol. The minimum atomic E-state index is 1.28.